The molecule has 0 saturated heterocycles. The van der Waals surface area contributed by atoms with E-state index in [0.29, 0.717) is 10.0 Å². The van der Waals surface area contributed by atoms with Crippen molar-refractivity contribution in [1.82, 2.24) is 0 Å². The molecule has 0 radical (unpaired) electrons. The summed E-state index contributed by atoms with van der Waals surface area (Å²) in [6.45, 7) is 1.93. The third-order valence-corrected chi connectivity index (χ3v) is 2.30. The van der Waals surface area contributed by atoms with Crippen molar-refractivity contribution in [3.05, 3.63) is 33.8 Å². The molecule has 0 bridgehead atoms. The van der Waals surface area contributed by atoms with Crippen molar-refractivity contribution in [1.29, 1.82) is 0 Å². The second-order valence-corrected chi connectivity index (χ2v) is 3.70. The minimum atomic E-state index is 0. The van der Waals surface area contributed by atoms with Crippen molar-refractivity contribution in [2.24, 2.45) is 5.73 Å². The van der Waals surface area contributed by atoms with E-state index in [-0.39, 0.29) is 18.4 Å². The Morgan fingerprint density at radius 2 is 1.77 bits per heavy atom. The number of halogens is 3. The standard InChI is InChI=1S/C9H11Cl2N.ClH/c1-6(12)5-7-8(10)3-2-4-9(7)11;/h2-4,6H,5,12H2,1H3;1H. The fraction of sp³-hybridized carbons (Fsp3) is 0.333. The first-order valence-electron chi connectivity index (χ1n) is 3.79. The first-order chi connectivity index (χ1) is 5.61. The van der Waals surface area contributed by atoms with Crippen LogP contribution in [0.3, 0.4) is 0 Å². The molecule has 0 saturated carbocycles. The van der Waals surface area contributed by atoms with Gasteiger partial charge < -0.3 is 5.73 Å². The Morgan fingerprint density at radius 3 is 2.15 bits per heavy atom. The number of hydrogen-bond donors (Lipinski definition) is 1. The third kappa shape index (κ3) is 3.74. The molecule has 0 aliphatic carbocycles. The fourth-order valence-electron chi connectivity index (χ4n) is 1.05. The summed E-state index contributed by atoms with van der Waals surface area (Å²) in [7, 11) is 0. The van der Waals surface area contributed by atoms with Crippen LogP contribution in [-0.4, -0.2) is 6.04 Å². The van der Waals surface area contributed by atoms with Gasteiger partial charge in [-0.15, -0.1) is 12.4 Å². The summed E-state index contributed by atoms with van der Waals surface area (Å²) in [5, 5.41) is 1.39. The predicted molar refractivity (Wildman–Crippen MR) is 61.1 cm³/mol. The van der Waals surface area contributed by atoms with Crippen LogP contribution in [0.25, 0.3) is 0 Å². The van der Waals surface area contributed by atoms with E-state index in [0.717, 1.165) is 12.0 Å². The van der Waals surface area contributed by atoms with Crippen molar-refractivity contribution in [3.8, 4) is 0 Å². The Labute approximate surface area is 94.6 Å². The molecule has 0 aliphatic heterocycles. The lowest BCUT2D eigenvalue weighted by atomic mass is 10.1. The van der Waals surface area contributed by atoms with E-state index in [1.165, 1.54) is 0 Å². The normalized spacial score (nSPS) is 12.0. The van der Waals surface area contributed by atoms with Crippen molar-refractivity contribution < 1.29 is 0 Å². The van der Waals surface area contributed by atoms with E-state index in [1.54, 1.807) is 0 Å². The van der Waals surface area contributed by atoms with Gasteiger partial charge in [0.1, 0.15) is 0 Å². The van der Waals surface area contributed by atoms with Gasteiger partial charge in [-0.05, 0) is 31.0 Å². The molecule has 1 unspecified atom stereocenters. The molecule has 1 atom stereocenters. The van der Waals surface area contributed by atoms with Crippen LogP contribution < -0.4 is 5.73 Å². The van der Waals surface area contributed by atoms with E-state index < -0.39 is 0 Å². The van der Waals surface area contributed by atoms with Gasteiger partial charge in [0, 0.05) is 16.1 Å². The molecule has 74 valence electrons. The molecular formula is C9H12Cl3N. The maximum absolute atomic E-state index is 5.93. The van der Waals surface area contributed by atoms with Crippen LogP contribution in [0.1, 0.15) is 12.5 Å². The second kappa shape index (κ2) is 5.71. The van der Waals surface area contributed by atoms with E-state index in [9.17, 15) is 0 Å². The summed E-state index contributed by atoms with van der Waals surface area (Å²) in [4.78, 5) is 0. The van der Waals surface area contributed by atoms with Crippen molar-refractivity contribution >= 4 is 35.6 Å². The van der Waals surface area contributed by atoms with Crippen LogP contribution in [0.5, 0.6) is 0 Å². The van der Waals surface area contributed by atoms with Gasteiger partial charge in [-0.2, -0.15) is 0 Å². The van der Waals surface area contributed by atoms with Crippen LogP contribution in [0.2, 0.25) is 10.0 Å². The van der Waals surface area contributed by atoms with Crippen molar-refractivity contribution in [2.45, 2.75) is 19.4 Å². The monoisotopic (exact) mass is 239 g/mol. The Kier molecular flexibility index (Phi) is 5.73. The summed E-state index contributed by atoms with van der Waals surface area (Å²) in [5.41, 5.74) is 6.59. The maximum atomic E-state index is 5.93. The Balaban J connectivity index is 0.00000144. The van der Waals surface area contributed by atoms with Gasteiger partial charge in [-0.25, -0.2) is 0 Å². The molecule has 1 nitrogen and oxygen atoms in total. The van der Waals surface area contributed by atoms with Gasteiger partial charge in [0.15, 0.2) is 0 Å². The van der Waals surface area contributed by atoms with Gasteiger partial charge in [0.05, 0.1) is 0 Å². The zero-order valence-corrected chi connectivity index (χ0v) is 9.59. The van der Waals surface area contributed by atoms with Crippen LogP contribution in [-0.2, 0) is 6.42 Å². The van der Waals surface area contributed by atoms with E-state index >= 15 is 0 Å². The lowest BCUT2D eigenvalue weighted by molar-refractivity contribution is 0.738. The highest BCUT2D eigenvalue weighted by atomic mass is 35.5. The molecule has 4 heteroatoms. The van der Waals surface area contributed by atoms with Crippen LogP contribution in [0.15, 0.2) is 18.2 Å². The molecule has 0 aliphatic rings. The Hall–Kier alpha value is 0.0500. The molecular weight excluding hydrogens is 228 g/mol. The third-order valence-electron chi connectivity index (χ3n) is 1.59. The SMILES string of the molecule is CC(N)Cc1c(Cl)cccc1Cl.Cl. The first-order valence-corrected chi connectivity index (χ1v) is 4.55. The average Bonchev–Trinajstić information content (AvgIpc) is 1.97. The topological polar surface area (TPSA) is 26.0 Å². The number of benzene rings is 1. The molecule has 0 spiro atoms. The minimum Gasteiger partial charge on any atom is -0.328 e. The molecule has 0 heterocycles. The number of hydrogen-bond acceptors (Lipinski definition) is 1. The lowest BCUT2D eigenvalue weighted by Gasteiger charge is -2.08. The smallest absolute Gasteiger partial charge is 0.0453 e. The van der Waals surface area contributed by atoms with E-state index in [1.807, 2.05) is 25.1 Å². The van der Waals surface area contributed by atoms with Gasteiger partial charge in [-0.3, -0.25) is 0 Å². The highest BCUT2D eigenvalue weighted by molar-refractivity contribution is 6.35. The van der Waals surface area contributed by atoms with Gasteiger partial charge in [-0.1, -0.05) is 29.3 Å². The second-order valence-electron chi connectivity index (χ2n) is 2.88. The molecule has 1 aromatic carbocycles. The largest absolute Gasteiger partial charge is 0.328 e. The zero-order valence-electron chi connectivity index (χ0n) is 7.26. The van der Waals surface area contributed by atoms with Crippen LogP contribution in [0.4, 0.5) is 0 Å². The molecule has 13 heavy (non-hydrogen) atoms. The predicted octanol–water partition coefficient (Wildman–Crippen LogP) is 3.30. The Bertz CT molecular complexity index is 253. The molecule has 1 aromatic rings. The number of rotatable bonds is 2. The van der Waals surface area contributed by atoms with Gasteiger partial charge in [0.2, 0.25) is 0 Å². The molecule has 1 rings (SSSR count). The fourth-order valence-corrected chi connectivity index (χ4v) is 1.60. The summed E-state index contributed by atoms with van der Waals surface area (Å²) in [6.07, 6.45) is 0.721. The Morgan fingerprint density at radius 1 is 1.31 bits per heavy atom. The summed E-state index contributed by atoms with van der Waals surface area (Å²) in [5.74, 6) is 0. The van der Waals surface area contributed by atoms with Gasteiger partial charge >= 0.3 is 0 Å². The quantitative estimate of drug-likeness (QED) is 0.843. The molecule has 0 amide bonds. The van der Waals surface area contributed by atoms with Crippen molar-refractivity contribution in [2.75, 3.05) is 0 Å². The summed E-state index contributed by atoms with van der Waals surface area (Å²) < 4.78 is 0. The number of nitrogens with two attached hydrogens (primary N) is 1. The first kappa shape index (κ1) is 13.1. The summed E-state index contributed by atoms with van der Waals surface area (Å²) in [6, 6.07) is 5.56. The van der Waals surface area contributed by atoms with E-state index in [2.05, 4.69) is 0 Å². The highest BCUT2D eigenvalue weighted by Crippen LogP contribution is 2.24. The zero-order chi connectivity index (χ0) is 9.14. The van der Waals surface area contributed by atoms with Crippen LogP contribution in [0, 0.1) is 0 Å². The maximum Gasteiger partial charge on any atom is 0.0453 e. The van der Waals surface area contributed by atoms with Crippen molar-refractivity contribution in [3.63, 3.8) is 0 Å². The summed E-state index contributed by atoms with van der Waals surface area (Å²) >= 11 is 11.9. The van der Waals surface area contributed by atoms with Gasteiger partial charge in [0.25, 0.3) is 0 Å². The molecule has 0 fully saturated rings. The molecule has 0 aromatic heterocycles. The average molecular weight is 241 g/mol. The minimum absolute atomic E-state index is 0. The van der Waals surface area contributed by atoms with Crippen LogP contribution >= 0.6 is 35.6 Å². The molecule has 2 N–H and O–H groups in total. The van der Waals surface area contributed by atoms with E-state index in [4.69, 9.17) is 28.9 Å². The lowest BCUT2D eigenvalue weighted by Crippen LogP contribution is -2.18. The highest BCUT2D eigenvalue weighted by Gasteiger charge is 2.06.